The third kappa shape index (κ3) is 2.39. The number of imidazole rings is 1. The first-order chi connectivity index (χ1) is 11.3. The average Bonchev–Trinajstić information content (AvgIpc) is 3.02. The van der Waals surface area contributed by atoms with Crippen molar-refractivity contribution in [3.05, 3.63) is 53.7 Å². The smallest absolute Gasteiger partial charge is 0.142 e. The van der Waals surface area contributed by atoms with Gasteiger partial charge in [-0.2, -0.15) is 0 Å². The van der Waals surface area contributed by atoms with Gasteiger partial charge in [-0.25, -0.2) is 4.98 Å². The molecule has 1 aliphatic heterocycles. The van der Waals surface area contributed by atoms with E-state index in [0.29, 0.717) is 0 Å². The van der Waals surface area contributed by atoms with Crippen LogP contribution in [0.2, 0.25) is 0 Å². The molecule has 2 aromatic heterocycles. The number of rotatable bonds is 2. The summed E-state index contributed by atoms with van der Waals surface area (Å²) in [5, 5.41) is 3.44. The molecule has 1 N–H and O–H groups in total. The molecule has 1 aliphatic rings. The lowest BCUT2D eigenvalue weighted by atomic mass is 10.1. The Morgan fingerprint density at radius 3 is 2.43 bits per heavy atom. The van der Waals surface area contributed by atoms with Crippen molar-refractivity contribution in [1.29, 1.82) is 0 Å². The largest absolute Gasteiger partial charge is 0.353 e. The normalized spacial score (nSPS) is 15.3. The number of nitrogens with one attached hydrogen (secondary N) is 1. The molecule has 0 radical (unpaired) electrons. The second-order valence-corrected chi connectivity index (χ2v) is 6.20. The fourth-order valence-electron chi connectivity index (χ4n) is 3.36. The van der Waals surface area contributed by atoms with Gasteiger partial charge in [-0.05, 0) is 25.5 Å². The van der Waals surface area contributed by atoms with Gasteiger partial charge in [0.15, 0.2) is 0 Å². The Morgan fingerprint density at radius 1 is 0.957 bits per heavy atom. The highest BCUT2D eigenvalue weighted by molar-refractivity contribution is 5.78. The predicted molar refractivity (Wildman–Crippen MR) is 95.2 cm³/mol. The highest BCUT2D eigenvalue weighted by Gasteiger charge is 2.22. The standard InChI is InChI=1S/C19H22N4/c1-14-8-9-15(2)23-18(14)21-17(16-6-4-3-5-7-16)19(23)22-12-10-20-11-13-22/h3-9,20H,10-13H2,1-2H3. The molecule has 0 saturated carbocycles. The van der Waals surface area contributed by atoms with Gasteiger partial charge in [0.25, 0.3) is 0 Å². The number of hydrogen-bond donors (Lipinski definition) is 1. The van der Waals surface area contributed by atoms with Gasteiger partial charge in [0.05, 0.1) is 0 Å². The summed E-state index contributed by atoms with van der Waals surface area (Å²) < 4.78 is 2.32. The van der Waals surface area contributed by atoms with E-state index in [-0.39, 0.29) is 0 Å². The van der Waals surface area contributed by atoms with Crippen LogP contribution in [0.5, 0.6) is 0 Å². The van der Waals surface area contributed by atoms with E-state index in [1.165, 1.54) is 22.6 Å². The first-order valence-corrected chi connectivity index (χ1v) is 8.25. The molecule has 0 amide bonds. The fraction of sp³-hybridized carbons (Fsp3) is 0.316. The molecule has 1 saturated heterocycles. The van der Waals surface area contributed by atoms with E-state index in [2.05, 4.69) is 70.9 Å². The minimum absolute atomic E-state index is 1.01. The summed E-state index contributed by atoms with van der Waals surface area (Å²) in [4.78, 5) is 7.48. The van der Waals surface area contributed by atoms with Gasteiger partial charge >= 0.3 is 0 Å². The molecule has 23 heavy (non-hydrogen) atoms. The zero-order valence-electron chi connectivity index (χ0n) is 13.7. The van der Waals surface area contributed by atoms with E-state index < -0.39 is 0 Å². The van der Waals surface area contributed by atoms with Crippen LogP contribution < -0.4 is 10.2 Å². The summed E-state index contributed by atoms with van der Waals surface area (Å²) >= 11 is 0. The zero-order chi connectivity index (χ0) is 15.8. The monoisotopic (exact) mass is 306 g/mol. The van der Waals surface area contributed by atoms with E-state index in [1.807, 2.05) is 0 Å². The number of piperazine rings is 1. The molecular weight excluding hydrogens is 284 g/mol. The second-order valence-electron chi connectivity index (χ2n) is 6.20. The summed E-state index contributed by atoms with van der Waals surface area (Å²) in [7, 11) is 0. The van der Waals surface area contributed by atoms with Crippen molar-refractivity contribution in [2.75, 3.05) is 31.1 Å². The number of hydrogen-bond acceptors (Lipinski definition) is 3. The van der Waals surface area contributed by atoms with Crippen molar-refractivity contribution in [2.45, 2.75) is 13.8 Å². The lowest BCUT2D eigenvalue weighted by Crippen LogP contribution is -2.44. The summed E-state index contributed by atoms with van der Waals surface area (Å²) in [5.41, 5.74) is 5.79. The zero-order valence-corrected chi connectivity index (χ0v) is 13.7. The first kappa shape index (κ1) is 14.3. The number of aromatic nitrogens is 2. The topological polar surface area (TPSA) is 32.6 Å². The van der Waals surface area contributed by atoms with E-state index >= 15 is 0 Å². The second kappa shape index (κ2) is 5.70. The minimum atomic E-state index is 1.01. The maximum Gasteiger partial charge on any atom is 0.142 e. The molecule has 0 aliphatic carbocycles. The van der Waals surface area contributed by atoms with Gasteiger partial charge in [0.1, 0.15) is 17.2 Å². The molecule has 0 spiro atoms. The van der Waals surface area contributed by atoms with E-state index in [9.17, 15) is 0 Å². The van der Waals surface area contributed by atoms with Crippen molar-refractivity contribution in [2.24, 2.45) is 0 Å². The Kier molecular flexibility index (Phi) is 3.54. The van der Waals surface area contributed by atoms with Gasteiger partial charge in [-0.3, -0.25) is 4.40 Å². The van der Waals surface area contributed by atoms with Crippen LogP contribution >= 0.6 is 0 Å². The maximum absolute atomic E-state index is 5.02. The summed E-state index contributed by atoms with van der Waals surface area (Å²) in [5.74, 6) is 1.23. The highest BCUT2D eigenvalue weighted by Crippen LogP contribution is 2.33. The summed E-state index contributed by atoms with van der Waals surface area (Å²) in [6.07, 6.45) is 0. The van der Waals surface area contributed by atoms with Crippen LogP contribution in [0.15, 0.2) is 42.5 Å². The van der Waals surface area contributed by atoms with Crippen molar-refractivity contribution >= 4 is 11.5 Å². The molecule has 118 valence electrons. The molecule has 4 nitrogen and oxygen atoms in total. The lowest BCUT2D eigenvalue weighted by Gasteiger charge is -2.30. The molecule has 4 heteroatoms. The average molecular weight is 306 g/mol. The first-order valence-electron chi connectivity index (χ1n) is 8.25. The molecular formula is C19H22N4. The van der Waals surface area contributed by atoms with Crippen molar-refractivity contribution in [1.82, 2.24) is 14.7 Å². The van der Waals surface area contributed by atoms with Crippen molar-refractivity contribution < 1.29 is 0 Å². The van der Waals surface area contributed by atoms with Crippen molar-refractivity contribution in [3.63, 3.8) is 0 Å². The number of pyridine rings is 1. The molecule has 0 bridgehead atoms. The van der Waals surface area contributed by atoms with Crippen molar-refractivity contribution in [3.8, 4) is 11.3 Å². The van der Waals surface area contributed by atoms with Crippen LogP contribution in [0.3, 0.4) is 0 Å². The summed E-state index contributed by atoms with van der Waals surface area (Å²) in [6.45, 7) is 8.37. The van der Waals surface area contributed by atoms with E-state index in [0.717, 1.165) is 37.5 Å². The number of aryl methyl sites for hydroxylation is 2. The number of fused-ring (bicyclic) bond motifs is 1. The van der Waals surface area contributed by atoms with Crippen LogP contribution in [-0.2, 0) is 0 Å². The highest BCUT2D eigenvalue weighted by atomic mass is 15.3. The molecule has 1 aromatic carbocycles. The van der Waals surface area contributed by atoms with Crippen LogP contribution in [0, 0.1) is 13.8 Å². The van der Waals surface area contributed by atoms with Gasteiger partial charge in [-0.1, -0.05) is 36.4 Å². The fourth-order valence-corrected chi connectivity index (χ4v) is 3.36. The quantitative estimate of drug-likeness (QED) is 0.790. The maximum atomic E-state index is 5.02. The van der Waals surface area contributed by atoms with Gasteiger partial charge in [-0.15, -0.1) is 0 Å². The minimum Gasteiger partial charge on any atom is -0.353 e. The molecule has 0 atom stereocenters. The number of anilines is 1. The molecule has 3 aromatic rings. The third-order valence-electron chi connectivity index (χ3n) is 4.60. The number of benzene rings is 1. The van der Waals surface area contributed by atoms with Gasteiger partial charge in [0, 0.05) is 37.4 Å². The van der Waals surface area contributed by atoms with E-state index in [4.69, 9.17) is 4.98 Å². The summed E-state index contributed by atoms with van der Waals surface area (Å²) in [6, 6.07) is 14.9. The molecule has 0 unspecified atom stereocenters. The van der Waals surface area contributed by atoms with Gasteiger partial charge < -0.3 is 10.2 Å². The van der Waals surface area contributed by atoms with Gasteiger partial charge in [0.2, 0.25) is 0 Å². The van der Waals surface area contributed by atoms with Crippen LogP contribution in [-0.4, -0.2) is 35.6 Å². The van der Waals surface area contributed by atoms with Crippen LogP contribution in [0.25, 0.3) is 16.9 Å². The third-order valence-corrected chi connectivity index (χ3v) is 4.60. The Bertz CT molecular complexity index is 829. The predicted octanol–water partition coefficient (Wildman–Crippen LogP) is 3.03. The Balaban J connectivity index is 2.01. The SMILES string of the molecule is Cc1ccc(C)n2c(N3CCNCC3)c(-c3ccccc3)nc12. The Hall–Kier alpha value is -2.33. The molecule has 1 fully saturated rings. The number of nitrogens with zero attached hydrogens (tertiary/aromatic N) is 3. The molecule has 3 heterocycles. The lowest BCUT2D eigenvalue weighted by molar-refractivity contribution is 0.583. The van der Waals surface area contributed by atoms with Crippen LogP contribution in [0.4, 0.5) is 5.82 Å². The molecule has 4 rings (SSSR count). The van der Waals surface area contributed by atoms with Crippen LogP contribution in [0.1, 0.15) is 11.3 Å². The van der Waals surface area contributed by atoms with E-state index in [1.54, 1.807) is 0 Å². The Labute approximate surface area is 136 Å². The Morgan fingerprint density at radius 2 is 1.70 bits per heavy atom.